The number of likely N-dealkylation sites (N-methyl/N-ethyl adjacent to an activating group) is 1. The maximum absolute atomic E-state index is 12.2. The van der Waals surface area contributed by atoms with Gasteiger partial charge in [-0.3, -0.25) is 4.57 Å². The third-order valence-electron chi connectivity index (χ3n) is 7.41. The second-order valence-electron chi connectivity index (χ2n) is 12.6. The average Bonchev–Trinajstić information content (AvgIpc) is 2.88. The van der Waals surface area contributed by atoms with Crippen molar-refractivity contribution < 1.29 is 33.4 Å². The molecule has 0 amide bonds. The van der Waals surface area contributed by atoms with Crippen LogP contribution in [-0.4, -0.2) is 71.7 Å². The normalized spacial score (nSPS) is 14.8. The summed E-state index contributed by atoms with van der Waals surface area (Å²) in [5, 5.41) is 8.85. The molecule has 0 saturated carbocycles. The number of quaternary nitrogens is 1. The summed E-state index contributed by atoms with van der Waals surface area (Å²) in [6.07, 6.45) is 18.3. The highest BCUT2D eigenvalue weighted by molar-refractivity contribution is 7.53. The van der Waals surface area contributed by atoms with Gasteiger partial charge in [0, 0.05) is 6.61 Å². The molecule has 3 N–H and O–H groups in total. The van der Waals surface area contributed by atoms with Crippen molar-refractivity contribution in [3.8, 4) is 0 Å². The van der Waals surface area contributed by atoms with Crippen molar-refractivity contribution in [1.82, 2.24) is 0 Å². The topological polar surface area (TPSA) is 96.2 Å². The fraction of sp³-hybridized carbons (Fsp3) is 0.812. The Hall–Kier alpha value is -0.790. The van der Waals surface area contributed by atoms with Gasteiger partial charge >= 0.3 is 7.60 Å². The summed E-state index contributed by atoms with van der Waals surface area (Å²) in [6, 6.07) is 9.82. The molecule has 7 nitrogen and oxygen atoms in total. The molecule has 234 valence electrons. The molecule has 1 aromatic rings. The third kappa shape index (κ3) is 18.6. The molecule has 0 radical (unpaired) electrons. The Morgan fingerprint density at radius 2 is 1.32 bits per heavy atom. The smallest absolute Gasteiger partial charge is 0.362 e. The Kier molecular flexibility index (Phi) is 19.5. The predicted molar refractivity (Wildman–Crippen MR) is 165 cm³/mol. The molecule has 0 aliphatic carbocycles. The van der Waals surface area contributed by atoms with Crippen molar-refractivity contribution in [3.63, 3.8) is 0 Å². The van der Waals surface area contributed by atoms with E-state index in [1.807, 2.05) is 51.5 Å². The summed E-state index contributed by atoms with van der Waals surface area (Å²) < 4.78 is 24.5. The van der Waals surface area contributed by atoms with E-state index in [9.17, 15) is 19.5 Å². The van der Waals surface area contributed by atoms with Crippen molar-refractivity contribution in [1.29, 1.82) is 0 Å². The first-order valence-electron chi connectivity index (χ1n) is 15.8. The fourth-order valence-electron chi connectivity index (χ4n) is 5.09. The van der Waals surface area contributed by atoms with Crippen LogP contribution in [0, 0.1) is 0 Å². The van der Waals surface area contributed by atoms with Crippen LogP contribution in [0.3, 0.4) is 0 Å². The predicted octanol–water partition coefficient (Wildman–Crippen LogP) is 7.42. The second-order valence-corrected chi connectivity index (χ2v) is 14.5. The molecule has 1 rings (SSSR count). The van der Waals surface area contributed by atoms with Gasteiger partial charge in [-0.05, 0) is 24.8 Å². The standard InChI is InChI=1S/C32H60NO6P/c1-5-6-7-8-9-10-11-12-13-14-15-16-17-21-26-38-28-31(39-27-30-22-19-18-20-23-30)24-25-32(34,40(35,36)37)29-33(2,3)4/h18-20,22-23,31,34H,5-17,21,24-29H2,1-4H3,(H-,35,36,37)/p+1/t31?,32-/m0/s1. The van der Waals surface area contributed by atoms with E-state index < -0.39 is 12.9 Å². The number of unbranched alkanes of at least 4 members (excludes halogenated alkanes) is 13. The molecule has 40 heavy (non-hydrogen) atoms. The first kappa shape index (κ1) is 37.2. The molecule has 8 heteroatoms. The van der Waals surface area contributed by atoms with Crippen LogP contribution in [-0.2, 0) is 20.6 Å². The molecule has 0 aromatic heterocycles. The van der Waals surface area contributed by atoms with Gasteiger partial charge in [-0.15, -0.1) is 0 Å². The lowest BCUT2D eigenvalue weighted by Gasteiger charge is -2.36. The van der Waals surface area contributed by atoms with E-state index in [0.717, 1.165) is 18.4 Å². The van der Waals surface area contributed by atoms with Crippen molar-refractivity contribution in [2.75, 3.05) is 40.9 Å². The van der Waals surface area contributed by atoms with Crippen molar-refractivity contribution in [2.45, 2.75) is 128 Å². The highest BCUT2D eigenvalue weighted by atomic mass is 31.2. The molecule has 1 aromatic carbocycles. The average molecular weight is 587 g/mol. The van der Waals surface area contributed by atoms with Gasteiger partial charge in [0.05, 0.1) is 40.5 Å². The van der Waals surface area contributed by atoms with E-state index in [1.54, 1.807) is 0 Å². The molecule has 0 spiro atoms. The minimum Gasteiger partial charge on any atom is -0.379 e. The van der Waals surface area contributed by atoms with E-state index in [2.05, 4.69) is 6.92 Å². The summed E-state index contributed by atoms with van der Waals surface area (Å²) >= 11 is 0. The SMILES string of the molecule is CCCCCCCCCCCCCCCCOCC(CC[C@@](O)(C[N+](C)(C)C)P(=O)(O)O)OCc1ccccc1. The molecule has 0 bridgehead atoms. The van der Waals surface area contributed by atoms with E-state index in [0.29, 0.717) is 26.2 Å². The van der Waals surface area contributed by atoms with Crippen LogP contribution in [0.4, 0.5) is 0 Å². The Morgan fingerprint density at radius 1 is 0.825 bits per heavy atom. The maximum Gasteiger partial charge on any atom is 0.362 e. The summed E-state index contributed by atoms with van der Waals surface area (Å²) in [5.41, 5.74) is 1.02. The number of ether oxygens (including phenoxy) is 2. The zero-order valence-corrected chi connectivity index (χ0v) is 27.0. The number of aliphatic hydroxyl groups is 1. The minimum absolute atomic E-state index is 0.0530. The highest BCUT2D eigenvalue weighted by Gasteiger charge is 2.49. The van der Waals surface area contributed by atoms with Gasteiger partial charge < -0.3 is 28.9 Å². The molecular weight excluding hydrogens is 525 g/mol. The van der Waals surface area contributed by atoms with Crippen LogP contribution in [0.5, 0.6) is 0 Å². The Morgan fingerprint density at radius 3 is 1.80 bits per heavy atom. The van der Waals surface area contributed by atoms with Crippen molar-refractivity contribution >= 4 is 7.60 Å². The van der Waals surface area contributed by atoms with Gasteiger partial charge in [0.2, 0.25) is 5.34 Å². The van der Waals surface area contributed by atoms with Crippen LogP contribution in [0.2, 0.25) is 0 Å². The zero-order chi connectivity index (χ0) is 29.7. The lowest BCUT2D eigenvalue weighted by Crippen LogP contribution is -2.49. The zero-order valence-electron chi connectivity index (χ0n) is 26.1. The Bertz CT molecular complexity index is 781. The summed E-state index contributed by atoms with van der Waals surface area (Å²) in [4.78, 5) is 19.8. The molecule has 0 heterocycles. The monoisotopic (exact) mass is 586 g/mol. The largest absolute Gasteiger partial charge is 0.379 e. The van der Waals surface area contributed by atoms with Crippen molar-refractivity contribution in [2.24, 2.45) is 0 Å². The minimum atomic E-state index is -4.74. The van der Waals surface area contributed by atoms with Crippen LogP contribution >= 0.6 is 7.60 Å². The first-order chi connectivity index (χ1) is 19.0. The molecule has 0 saturated heterocycles. The number of rotatable bonds is 26. The van der Waals surface area contributed by atoms with Crippen LogP contribution < -0.4 is 0 Å². The maximum atomic E-state index is 12.2. The highest BCUT2D eigenvalue weighted by Crippen LogP contribution is 2.52. The third-order valence-corrected chi connectivity index (χ3v) is 8.86. The quantitative estimate of drug-likeness (QED) is 0.0594. The molecular formula is C32H61NO6P+. The number of hydrogen-bond donors (Lipinski definition) is 3. The van der Waals surface area contributed by atoms with Gasteiger partial charge in [0.15, 0.2) is 0 Å². The fourth-order valence-corrected chi connectivity index (χ4v) is 6.11. The van der Waals surface area contributed by atoms with Crippen molar-refractivity contribution in [3.05, 3.63) is 35.9 Å². The van der Waals surface area contributed by atoms with E-state index >= 15 is 0 Å². The van der Waals surface area contributed by atoms with Gasteiger partial charge in [0.25, 0.3) is 0 Å². The van der Waals surface area contributed by atoms with Crippen LogP contribution in [0.1, 0.15) is 115 Å². The van der Waals surface area contributed by atoms with E-state index in [1.165, 1.54) is 77.0 Å². The summed E-state index contributed by atoms with van der Waals surface area (Å²) in [6.45, 7) is 3.58. The lowest BCUT2D eigenvalue weighted by molar-refractivity contribution is -0.875. The molecule has 0 aliphatic rings. The summed E-state index contributed by atoms with van der Waals surface area (Å²) in [7, 11) is 0.689. The molecule has 2 atom stereocenters. The van der Waals surface area contributed by atoms with Crippen LogP contribution in [0.15, 0.2) is 30.3 Å². The number of benzene rings is 1. The Balaban J connectivity index is 2.33. The van der Waals surface area contributed by atoms with E-state index in [4.69, 9.17) is 9.47 Å². The van der Waals surface area contributed by atoms with E-state index in [-0.39, 0.29) is 23.6 Å². The van der Waals surface area contributed by atoms with Gasteiger partial charge in [-0.2, -0.15) is 0 Å². The van der Waals surface area contributed by atoms with Crippen LogP contribution in [0.25, 0.3) is 0 Å². The molecule has 0 fully saturated rings. The first-order valence-corrected chi connectivity index (χ1v) is 17.4. The Labute approximate surface area is 245 Å². The molecule has 0 aliphatic heterocycles. The van der Waals surface area contributed by atoms with Gasteiger partial charge in [0.1, 0.15) is 6.54 Å². The van der Waals surface area contributed by atoms with Gasteiger partial charge in [-0.1, -0.05) is 121 Å². The second kappa shape index (κ2) is 21.0. The lowest BCUT2D eigenvalue weighted by atomic mass is 10.0. The summed E-state index contributed by atoms with van der Waals surface area (Å²) in [5.74, 6) is 0. The number of hydrogen-bond acceptors (Lipinski definition) is 4. The molecule has 1 unspecified atom stereocenters. The number of nitrogens with zero attached hydrogens (tertiary/aromatic N) is 1. The van der Waals surface area contributed by atoms with Gasteiger partial charge in [-0.25, -0.2) is 0 Å².